The maximum Gasteiger partial charge on any atom is 0.243 e. The summed E-state index contributed by atoms with van der Waals surface area (Å²) < 4.78 is 32.7. The zero-order valence-corrected chi connectivity index (χ0v) is 17.6. The van der Waals surface area contributed by atoms with Crippen LogP contribution < -0.4 is 10.6 Å². The number of hydrogen-bond donors (Lipinski definition) is 2. The van der Waals surface area contributed by atoms with Crippen LogP contribution in [0.4, 0.5) is 5.69 Å². The smallest absolute Gasteiger partial charge is 0.243 e. The van der Waals surface area contributed by atoms with E-state index in [-0.39, 0.29) is 23.4 Å². The van der Waals surface area contributed by atoms with Gasteiger partial charge in [-0.05, 0) is 50.1 Å². The average molecular weight is 428 g/mol. The molecular formula is C22H25N3O4S. The lowest BCUT2D eigenvalue weighted by Gasteiger charge is -2.16. The van der Waals surface area contributed by atoms with E-state index >= 15 is 0 Å². The molecule has 1 saturated heterocycles. The highest BCUT2D eigenvalue weighted by Gasteiger charge is 2.27. The number of sulfonamides is 1. The Morgan fingerprint density at radius 2 is 1.87 bits per heavy atom. The van der Waals surface area contributed by atoms with Crippen LogP contribution in [0.15, 0.2) is 63.9 Å². The molecule has 1 aliphatic heterocycles. The molecule has 0 bridgehead atoms. The van der Waals surface area contributed by atoms with Crippen molar-refractivity contribution in [3.05, 3.63) is 60.4 Å². The Bertz CT molecular complexity index is 1120. The van der Waals surface area contributed by atoms with Crippen molar-refractivity contribution < 1.29 is 17.6 Å². The van der Waals surface area contributed by atoms with E-state index in [1.807, 2.05) is 37.3 Å². The number of anilines is 1. The van der Waals surface area contributed by atoms with Crippen LogP contribution in [0.1, 0.15) is 31.6 Å². The summed E-state index contributed by atoms with van der Waals surface area (Å²) in [4.78, 5) is 12.6. The minimum Gasteiger partial charge on any atom is -0.459 e. The minimum absolute atomic E-state index is 0.0707. The van der Waals surface area contributed by atoms with Gasteiger partial charge in [0.25, 0.3) is 0 Å². The molecule has 1 unspecified atom stereocenters. The molecule has 2 aromatic carbocycles. The van der Waals surface area contributed by atoms with Crippen molar-refractivity contribution in [1.29, 1.82) is 0 Å². The van der Waals surface area contributed by atoms with Crippen LogP contribution in [0.25, 0.3) is 11.0 Å². The van der Waals surface area contributed by atoms with Gasteiger partial charge in [0.15, 0.2) is 0 Å². The maximum absolute atomic E-state index is 12.7. The molecule has 2 N–H and O–H groups in total. The van der Waals surface area contributed by atoms with E-state index in [4.69, 9.17) is 4.42 Å². The van der Waals surface area contributed by atoms with E-state index < -0.39 is 10.0 Å². The number of nitrogens with one attached hydrogen (secondary N) is 2. The number of para-hydroxylation sites is 1. The molecule has 1 aliphatic rings. The van der Waals surface area contributed by atoms with Crippen LogP contribution in [0.3, 0.4) is 0 Å². The zero-order chi connectivity index (χ0) is 21.1. The lowest BCUT2D eigenvalue weighted by molar-refractivity contribution is -0.115. The predicted molar refractivity (Wildman–Crippen MR) is 116 cm³/mol. The van der Waals surface area contributed by atoms with Gasteiger partial charge in [-0.3, -0.25) is 10.1 Å². The molecule has 1 aromatic heterocycles. The van der Waals surface area contributed by atoms with Crippen molar-refractivity contribution in [1.82, 2.24) is 9.62 Å². The van der Waals surface area contributed by atoms with Gasteiger partial charge in [-0.1, -0.05) is 24.3 Å². The van der Waals surface area contributed by atoms with E-state index in [1.54, 1.807) is 18.2 Å². The third-order valence-electron chi connectivity index (χ3n) is 5.26. The molecule has 3 aromatic rings. The molecule has 0 saturated carbocycles. The van der Waals surface area contributed by atoms with Gasteiger partial charge in [0.05, 0.1) is 17.5 Å². The molecule has 1 fully saturated rings. The second-order valence-electron chi connectivity index (χ2n) is 7.48. The molecule has 8 heteroatoms. The first-order chi connectivity index (χ1) is 14.4. The van der Waals surface area contributed by atoms with Gasteiger partial charge >= 0.3 is 0 Å². The van der Waals surface area contributed by atoms with E-state index in [1.165, 1.54) is 10.4 Å². The first-order valence-corrected chi connectivity index (χ1v) is 11.5. The first kappa shape index (κ1) is 20.6. The highest BCUT2D eigenvalue weighted by atomic mass is 32.2. The molecule has 7 nitrogen and oxygen atoms in total. The van der Waals surface area contributed by atoms with Crippen molar-refractivity contribution in [3.63, 3.8) is 0 Å². The lowest BCUT2D eigenvalue weighted by Crippen LogP contribution is -2.30. The second-order valence-corrected chi connectivity index (χ2v) is 9.41. The number of carbonyl (C=O) groups is 1. The first-order valence-electron chi connectivity index (χ1n) is 10.1. The van der Waals surface area contributed by atoms with Gasteiger partial charge in [-0.15, -0.1) is 0 Å². The Morgan fingerprint density at radius 1 is 1.10 bits per heavy atom. The summed E-state index contributed by atoms with van der Waals surface area (Å²) in [5, 5.41) is 6.92. The van der Waals surface area contributed by atoms with Crippen molar-refractivity contribution in [2.45, 2.75) is 30.7 Å². The SMILES string of the molecule is CC(NCC(=O)Nc1cccc(S(=O)(=O)N2CCCC2)c1)c1cc2ccccc2o1. The molecule has 30 heavy (non-hydrogen) atoms. The topological polar surface area (TPSA) is 91.7 Å². The normalized spacial score (nSPS) is 16.0. The number of benzene rings is 2. The predicted octanol–water partition coefficient (Wildman–Crippen LogP) is 3.51. The summed E-state index contributed by atoms with van der Waals surface area (Å²) in [5.41, 5.74) is 1.26. The van der Waals surface area contributed by atoms with Gasteiger partial charge in [0.1, 0.15) is 11.3 Å². The summed E-state index contributed by atoms with van der Waals surface area (Å²) >= 11 is 0. The third kappa shape index (κ3) is 4.40. The summed E-state index contributed by atoms with van der Waals surface area (Å²) in [6, 6.07) is 15.9. The molecule has 0 radical (unpaired) electrons. The van der Waals surface area contributed by atoms with Crippen LogP contribution in [0.2, 0.25) is 0 Å². The number of carbonyl (C=O) groups excluding carboxylic acids is 1. The summed E-state index contributed by atoms with van der Waals surface area (Å²) in [6.07, 6.45) is 1.76. The monoisotopic (exact) mass is 427 g/mol. The maximum atomic E-state index is 12.7. The lowest BCUT2D eigenvalue weighted by atomic mass is 10.2. The van der Waals surface area contributed by atoms with Gasteiger partial charge in [0.2, 0.25) is 15.9 Å². The van der Waals surface area contributed by atoms with Crippen molar-refractivity contribution in [2.75, 3.05) is 25.0 Å². The van der Waals surface area contributed by atoms with Crippen LogP contribution in [-0.2, 0) is 14.8 Å². The fourth-order valence-electron chi connectivity index (χ4n) is 3.58. The van der Waals surface area contributed by atoms with Crippen LogP contribution in [-0.4, -0.2) is 38.3 Å². The van der Waals surface area contributed by atoms with Crippen LogP contribution in [0, 0.1) is 0 Å². The number of hydrogen-bond acceptors (Lipinski definition) is 5. The van der Waals surface area contributed by atoms with Gasteiger partial charge in [-0.2, -0.15) is 4.31 Å². The van der Waals surface area contributed by atoms with Gasteiger partial charge in [-0.25, -0.2) is 8.42 Å². The van der Waals surface area contributed by atoms with E-state index in [0.717, 1.165) is 29.6 Å². The highest BCUT2D eigenvalue weighted by molar-refractivity contribution is 7.89. The summed E-state index contributed by atoms with van der Waals surface area (Å²) in [6.45, 7) is 3.08. The van der Waals surface area contributed by atoms with E-state index in [9.17, 15) is 13.2 Å². The number of furan rings is 1. The number of nitrogens with zero attached hydrogens (tertiary/aromatic N) is 1. The third-order valence-corrected chi connectivity index (χ3v) is 7.16. The highest BCUT2D eigenvalue weighted by Crippen LogP contribution is 2.24. The molecule has 1 amide bonds. The fourth-order valence-corrected chi connectivity index (χ4v) is 5.14. The molecular weight excluding hydrogens is 402 g/mol. The number of rotatable bonds is 7. The van der Waals surface area contributed by atoms with Crippen molar-refractivity contribution in [2.24, 2.45) is 0 Å². The Balaban J connectivity index is 1.37. The fraction of sp³-hybridized carbons (Fsp3) is 0.318. The molecule has 4 rings (SSSR count). The average Bonchev–Trinajstić information content (AvgIpc) is 3.42. The second kappa shape index (κ2) is 8.59. The standard InChI is InChI=1S/C22H25N3O4S/c1-16(21-13-17-7-2-3-10-20(17)29-21)23-15-22(26)24-18-8-6-9-19(14-18)30(27,28)25-11-4-5-12-25/h2-3,6-10,13-14,16,23H,4-5,11-12,15H2,1H3,(H,24,26). The zero-order valence-electron chi connectivity index (χ0n) is 16.8. The van der Waals surface area contributed by atoms with Crippen molar-refractivity contribution in [3.8, 4) is 0 Å². The largest absolute Gasteiger partial charge is 0.459 e. The quantitative estimate of drug-likeness (QED) is 0.602. The number of amides is 1. The summed E-state index contributed by atoms with van der Waals surface area (Å²) in [5.74, 6) is 0.497. The molecule has 0 spiro atoms. The minimum atomic E-state index is -3.52. The van der Waals surface area contributed by atoms with Gasteiger partial charge in [0, 0.05) is 24.2 Å². The Hall–Kier alpha value is -2.68. The van der Waals surface area contributed by atoms with Crippen molar-refractivity contribution >= 4 is 32.6 Å². The van der Waals surface area contributed by atoms with Crippen LogP contribution in [0.5, 0.6) is 0 Å². The van der Waals surface area contributed by atoms with E-state index in [0.29, 0.717) is 18.8 Å². The summed E-state index contributed by atoms with van der Waals surface area (Å²) in [7, 11) is -3.52. The van der Waals surface area contributed by atoms with Gasteiger partial charge < -0.3 is 9.73 Å². The molecule has 1 atom stereocenters. The molecule has 2 heterocycles. The van der Waals surface area contributed by atoms with Crippen LogP contribution >= 0.6 is 0 Å². The molecule has 0 aliphatic carbocycles. The van der Waals surface area contributed by atoms with E-state index in [2.05, 4.69) is 10.6 Å². The Labute approximate surface area is 176 Å². The Morgan fingerprint density at radius 3 is 2.63 bits per heavy atom. The molecule has 158 valence electrons. The Kier molecular flexibility index (Phi) is 5.90. The number of fused-ring (bicyclic) bond motifs is 1.